The SMILES string of the molecule is CCOCCNCc1c(Cl)cccc1OC. The maximum atomic E-state index is 6.10. The van der Waals surface area contributed by atoms with E-state index >= 15 is 0 Å². The molecule has 1 aromatic rings. The van der Waals surface area contributed by atoms with Gasteiger partial charge in [0.2, 0.25) is 0 Å². The number of methoxy groups -OCH3 is 1. The molecule has 1 aromatic carbocycles. The Balaban J connectivity index is 2.46. The Morgan fingerprint density at radius 3 is 2.88 bits per heavy atom. The van der Waals surface area contributed by atoms with Crippen LogP contribution in [0.15, 0.2) is 18.2 Å². The first kappa shape index (κ1) is 13.3. The fraction of sp³-hybridized carbons (Fsp3) is 0.500. The Morgan fingerprint density at radius 1 is 1.38 bits per heavy atom. The zero-order chi connectivity index (χ0) is 11.8. The Morgan fingerprint density at radius 2 is 2.19 bits per heavy atom. The summed E-state index contributed by atoms with van der Waals surface area (Å²) in [5, 5.41) is 3.99. The highest BCUT2D eigenvalue weighted by atomic mass is 35.5. The van der Waals surface area contributed by atoms with Crippen molar-refractivity contribution >= 4 is 11.6 Å². The molecule has 0 amide bonds. The standard InChI is InChI=1S/C12H18ClNO2/c1-3-16-8-7-14-9-10-11(13)5-4-6-12(10)15-2/h4-6,14H,3,7-9H2,1-2H3. The van der Waals surface area contributed by atoms with E-state index in [1.54, 1.807) is 7.11 Å². The lowest BCUT2D eigenvalue weighted by atomic mass is 10.2. The molecule has 0 heterocycles. The summed E-state index contributed by atoms with van der Waals surface area (Å²) in [5.41, 5.74) is 0.989. The Labute approximate surface area is 102 Å². The summed E-state index contributed by atoms with van der Waals surface area (Å²) in [4.78, 5) is 0. The van der Waals surface area contributed by atoms with Gasteiger partial charge in [0.15, 0.2) is 0 Å². The highest BCUT2D eigenvalue weighted by Crippen LogP contribution is 2.25. The lowest BCUT2D eigenvalue weighted by Gasteiger charge is -2.11. The first-order chi connectivity index (χ1) is 7.79. The van der Waals surface area contributed by atoms with Gasteiger partial charge in [0.25, 0.3) is 0 Å². The van der Waals surface area contributed by atoms with E-state index in [1.807, 2.05) is 25.1 Å². The summed E-state index contributed by atoms with van der Waals surface area (Å²) in [7, 11) is 1.65. The zero-order valence-corrected chi connectivity index (χ0v) is 10.5. The van der Waals surface area contributed by atoms with Crippen LogP contribution in [0.3, 0.4) is 0 Å². The van der Waals surface area contributed by atoms with Gasteiger partial charge in [0.1, 0.15) is 5.75 Å². The van der Waals surface area contributed by atoms with Gasteiger partial charge in [-0.15, -0.1) is 0 Å². The number of halogens is 1. The van der Waals surface area contributed by atoms with E-state index in [9.17, 15) is 0 Å². The van der Waals surface area contributed by atoms with Crippen molar-refractivity contribution < 1.29 is 9.47 Å². The zero-order valence-electron chi connectivity index (χ0n) is 9.75. The predicted molar refractivity (Wildman–Crippen MR) is 66.2 cm³/mol. The van der Waals surface area contributed by atoms with Gasteiger partial charge >= 0.3 is 0 Å². The molecule has 0 aliphatic heterocycles. The molecule has 0 aliphatic rings. The molecule has 0 radical (unpaired) electrons. The van der Waals surface area contributed by atoms with Gasteiger partial charge < -0.3 is 14.8 Å². The van der Waals surface area contributed by atoms with E-state index in [-0.39, 0.29) is 0 Å². The van der Waals surface area contributed by atoms with Gasteiger partial charge in [-0.3, -0.25) is 0 Å². The minimum absolute atomic E-state index is 0.690. The maximum absolute atomic E-state index is 6.10. The van der Waals surface area contributed by atoms with Crippen LogP contribution in [0, 0.1) is 0 Å². The van der Waals surface area contributed by atoms with Crippen LogP contribution in [0.2, 0.25) is 5.02 Å². The fourth-order valence-electron chi connectivity index (χ4n) is 1.40. The molecule has 0 bridgehead atoms. The lowest BCUT2D eigenvalue weighted by molar-refractivity contribution is 0.149. The molecule has 90 valence electrons. The third kappa shape index (κ3) is 4.00. The lowest BCUT2D eigenvalue weighted by Crippen LogP contribution is -2.19. The summed E-state index contributed by atoms with van der Waals surface area (Å²) in [6, 6.07) is 5.65. The smallest absolute Gasteiger partial charge is 0.124 e. The first-order valence-electron chi connectivity index (χ1n) is 5.39. The summed E-state index contributed by atoms with van der Waals surface area (Å²) in [6.07, 6.45) is 0. The second-order valence-corrected chi connectivity index (χ2v) is 3.70. The molecule has 4 heteroatoms. The number of hydrogen-bond acceptors (Lipinski definition) is 3. The van der Waals surface area contributed by atoms with Crippen molar-refractivity contribution in [1.82, 2.24) is 5.32 Å². The van der Waals surface area contributed by atoms with E-state index in [0.717, 1.165) is 29.5 Å². The molecule has 3 nitrogen and oxygen atoms in total. The molecule has 0 aliphatic carbocycles. The van der Waals surface area contributed by atoms with Crippen molar-refractivity contribution in [1.29, 1.82) is 0 Å². The summed E-state index contributed by atoms with van der Waals surface area (Å²) < 4.78 is 10.5. The molecule has 0 spiro atoms. The minimum Gasteiger partial charge on any atom is -0.496 e. The summed E-state index contributed by atoms with van der Waals surface area (Å²) >= 11 is 6.10. The predicted octanol–water partition coefficient (Wildman–Crippen LogP) is 2.47. The second kappa shape index (κ2) is 7.49. The average molecular weight is 244 g/mol. The van der Waals surface area contributed by atoms with Crippen molar-refractivity contribution in [2.45, 2.75) is 13.5 Å². The van der Waals surface area contributed by atoms with E-state index in [1.165, 1.54) is 0 Å². The number of nitrogens with one attached hydrogen (secondary N) is 1. The molecule has 0 aromatic heterocycles. The van der Waals surface area contributed by atoms with Gasteiger partial charge in [0.05, 0.1) is 13.7 Å². The van der Waals surface area contributed by atoms with Crippen molar-refractivity contribution in [2.24, 2.45) is 0 Å². The van der Waals surface area contributed by atoms with Crippen LogP contribution in [-0.2, 0) is 11.3 Å². The highest BCUT2D eigenvalue weighted by molar-refractivity contribution is 6.31. The van der Waals surface area contributed by atoms with E-state index in [4.69, 9.17) is 21.1 Å². The van der Waals surface area contributed by atoms with Crippen molar-refractivity contribution in [2.75, 3.05) is 26.9 Å². The molecule has 0 atom stereocenters. The molecule has 16 heavy (non-hydrogen) atoms. The molecular formula is C12H18ClNO2. The Kier molecular flexibility index (Phi) is 6.23. The van der Waals surface area contributed by atoms with Crippen LogP contribution in [0.1, 0.15) is 12.5 Å². The van der Waals surface area contributed by atoms with Crippen molar-refractivity contribution in [3.63, 3.8) is 0 Å². The molecular weight excluding hydrogens is 226 g/mol. The van der Waals surface area contributed by atoms with Crippen LogP contribution in [-0.4, -0.2) is 26.9 Å². The fourth-order valence-corrected chi connectivity index (χ4v) is 1.64. The molecule has 0 saturated carbocycles. The first-order valence-corrected chi connectivity index (χ1v) is 5.77. The van der Waals surface area contributed by atoms with Crippen LogP contribution in [0.5, 0.6) is 5.75 Å². The summed E-state index contributed by atoms with van der Waals surface area (Å²) in [6.45, 7) is 4.94. The number of rotatable bonds is 7. The average Bonchev–Trinajstić information content (AvgIpc) is 2.30. The monoisotopic (exact) mass is 243 g/mol. The van der Waals surface area contributed by atoms with E-state index in [0.29, 0.717) is 13.2 Å². The summed E-state index contributed by atoms with van der Waals surface area (Å²) in [5.74, 6) is 0.816. The minimum atomic E-state index is 0.690. The van der Waals surface area contributed by atoms with E-state index in [2.05, 4.69) is 5.32 Å². The van der Waals surface area contributed by atoms with Gasteiger partial charge in [-0.05, 0) is 19.1 Å². The van der Waals surface area contributed by atoms with Crippen LogP contribution < -0.4 is 10.1 Å². The molecule has 0 fully saturated rings. The van der Waals surface area contributed by atoms with Crippen LogP contribution in [0.4, 0.5) is 0 Å². The van der Waals surface area contributed by atoms with Gasteiger partial charge in [-0.2, -0.15) is 0 Å². The normalized spacial score (nSPS) is 10.4. The largest absolute Gasteiger partial charge is 0.496 e. The molecule has 1 rings (SSSR count). The highest BCUT2D eigenvalue weighted by Gasteiger charge is 2.06. The van der Waals surface area contributed by atoms with Gasteiger partial charge in [-0.1, -0.05) is 17.7 Å². The number of ether oxygens (including phenoxy) is 2. The molecule has 1 N–H and O–H groups in total. The topological polar surface area (TPSA) is 30.5 Å². The number of benzene rings is 1. The second-order valence-electron chi connectivity index (χ2n) is 3.29. The van der Waals surface area contributed by atoms with Crippen LogP contribution >= 0.6 is 11.6 Å². The van der Waals surface area contributed by atoms with Gasteiger partial charge in [-0.25, -0.2) is 0 Å². The maximum Gasteiger partial charge on any atom is 0.124 e. The van der Waals surface area contributed by atoms with Gasteiger partial charge in [0, 0.05) is 30.3 Å². The quantitative estimate of drug-likeness (QED) is 0.747. The van der Waals surface area contributed by atoms with E-state index < -0.39 is 0 Å². The number of hydrogen-bond donors (Lipinski definition) is 1. The third-order valence-corrected chi connectivity index (χ3v) is 2.58. The molecule has 0 saturated heterocycles. The Bertz CT molecular complexity index is 318. The molecule has 0 unspecified atom stereocenters. The van der Waals surface area contributed by atoms with Crippen molar-refractivity contribution in [3.05, 3.63) is 28.8 Å². The third-order valence-electron chi connectivity index (χ3n) is 2.22. The van der Waals surface area contributed by atoms with Crippen molar-refractivity contribution in [3.8, 4) is 5.75 Å². The Hall–Kier alpha value is -0.770. The van der Waals surface area contributed by atoms with Crippen LogP contribution in [0.25, 0.3) is 0 Å².